The number of nitrogens with zero attached hydrogens (tertiary/aromatic N) is 6. The molecular weight excluding hydrogens is 904 g/mol. The van der Waals surface area contributed by atoms with Crippen LogP contribution in [0.1, 0.15) is 11.4 Å². The third-order valence-electron chi connectivity index (χ3n) is 15.0. The first-order valence-corrected chi connectivity index (χ1v) is 24.6. The van der Waals surface area contributed by atoms with Crippen molar-refractivity contribution in [3.63, 3.8) is 0 Å². The Morgan fingerprint density at radius 1 is 0.486 bits per heavy atom. The normalized spacial score (nSPS) is 29.7. The summed E-state index contributed by atoms with van der Waals surface area (Å²) in [5.41, 5.74) is 15.4. The van der Waals surface area contributed by atoms with Gasteiger partial charge in [-0.1, -0.05) is 109 Å². The predicted molar refractivity (Wildman–Crippen MR) is 288 cm³/mol. The Morgan fingerprint density at radius 3 is 1.51 bits per heavy atom. The lowest BCUT2D eigenvalue weighted by Gasteiger charge is -2.41. The highest BCUT2D eigenvalue weighted by Gasteiger charge is 2.55. The summed E-state index contributed by atoms with van der Waals surface area (Å²) in [6.07, 6.45) is 60.6. The first kappa shape index (κ1) is 42.6. The molecule has 13 rings (SSSR count). The van der Waals surface area contributed by atoms with Crippen molar-refractivity contribution in [3.05, 3.63) is 267 Å². The van der Waals surface area contributed by atoms with E-state index in [9.17, 15) is 0 Å². The number of halogens is 2. The molecule has 8 nitrogen and oxygen atoms in total. The zero-order chi connectivity index (χ0) is 47.5. The van der Waals surface area contributed by atoms with Crippen molar-refractivity contribution in [2.45, 2.75) is 34.0 Å². The minimum atomic E-state index is -1.50. The van der Waals surface area contributed by atoms with Gasteiger partial charge < -0.3 is 29.6 Å². The Bertz CT molecular complexity index is 3560. The van der Waals surface area contributed by atoms with Gasteiger partial charge in [0.15, 0.2) is 9.87 Å². The van der Waals surface area contributed by atoms with Gasteiger partial charge in [-0.3, -0.25) is 4.99 Å². The number of aromatic nitrogens is 2. The molecule has 7 aliphatic heterocycles. The van der Waals surface area contributed by atoms with Crippen molar-refractivity contribution in [3.8, 4) is 0 Å². The van der Waals surface area contributed by atoms with Crippen LogP contribution in [0.25, 0.3) is 16.7 Å². The number of hydrogen-bond donors (Lipinski definition) is 2. The quantitative estimate of drug-likeness (QED) is 0.237. The number of H-pyrrole nitrogens is 2. The van der Waals surface area contributed by atoms with E-state index in [0.29, 0.717) is 11.4 Å². The van der Waals surface area contributed by atoms with Crippen molar-refractivity contribution >= 4 is 51.3 Å². The summed E-state index contributed by atoms with van der Waals surface area (Å²) >= 11 is 16.6. The lowest BCUT2D eigenvalue weighted by Crippen LogP contribution is -2.44. The average molecular weight is 954 g/mol. The van der Waals surface area contributed by atoms with Crippen molar-refractivity contribution in [2.24, 2.45) is 9.98 Å². The zero-order valence-corrected chi connectivity index (χ0v) is 40.7. The lowest BCUT2D eigenvalue weighted by atomic mass is 9.83. The molecule has 4 aliphatic carbocycles. The molecule has 0 fully saturated rings. The third kappa shape index (κ3) is 6.64. The molecule has 2 aromatic heterocycles. The highest BCUT2D eigenvalue weighted by Crippen LogP contribution is 2.55. The van der Waals surface area contributed by atoms with E-state index in [1.807, 2.05) is 12.2 Å². The predicted octanol–water partition coefficient (Wildman–Crippen LogP) is 9.46. The van der Waals surface area contributed by atoms with Crippen LogP contribution in [0, 0.1) is 0 Å². The molecule has 0 spiro atoms. The lowest BCUT2D eigenvalue weighted by molar-refractivity contribution is 0.406. The number of fused-ring (bicyclic) bond motifs is 10. The average Bonchev–Trinajstić information content (AvgIpc) is 4.22. The van der Waals surface area contributed by atoms with Crippen LogP contribution in [-0.4, -0.2) is 98.3 Å². The van der Waals surface area contributed by atoms with Gasteiger partial charge in [0.1, 0.15) is 0 Å². The van der Waals surface area contributed by atoms with Gasteiger partial charge in [-0.25, -0.2) is 4.99 Å². The van der Waals surface area contributed by atoms with Crippen molar-refractivity contribution < 1.29 is 0 Å². The maximum atomic E-state index is 8.45. The monoisotopic (exact) mass is 952 g/mol. The Balaban J connectivity index is 1.11. The van der Waals surface area contributed by atoms with Gasteiger partial charge in [0.05, 0.1) is 41.3 Å². The Morgan fingerprint density at radius 2 is 0.971 bits per heavy atom. The van der Waals surface area contributed by atoms with Gasteiger partial charge in [-0.2, -0.15) is 0 Å². The van der Waals surface area contributed by atoms with E-state index in [0.717, 1.165) is 72.4 Å². The first-order chi connectivity index (χ1) is 34.0. The van der Waals surface area contributed by atoms with Crippen molar-refractivity contribution in [1.29, 1.82) is 0 Å². The van der Waals surface area contributed by atoms with E-state index in [2.05, 4.69) is 240 Å². The van der Waals surface area contributed by atoms with E-state index in [4.69, 9.17) is 33.2 Å². The minimum Gasteiger partial charge on any atom is -0.370 e. The molecular formula is C60H50Cl2N8. The van der Waals surface area contributed by atoms with Gasteiger partial charge in [-0.05, 0) is 101 Å². The molecule has 10 heteroatoms. The second-order valence-electron chi connectivity index (χ2n) is 19.4. The molecule has 0 aromatic carbocycles. The maximum absolute atomic E-state index is 8.45. The van der Waals surface area contributed by atoms with E-state index in [1.54, 1.807) is 0 Å². The summed E-state index contributed by atoms with van der Waals surface area (Å²) in [5, 5.41) is 1.81. The Kier molecular flexibility index (Phi) is 9.74. The van der Waals surface area contributed by atoms with Gasteiger partial charge >= 0.3 is 0 Å². The number of alkyl halides is 2. The third-order valence-corrected chi connectivity index (χ3v) is 16.3. The summed E-state index contributed by atoms with van der Waals surface area (Å²) in [6.45, 7) is 0. The fraction of sp³-hybridized carbons (Fsp3) is 0.167. The molecule has 0 radical (unpaired) electrons. The van der Waals surface area contributed by atoms with Gasteiger partial charge in [0.25, 0.3) is 0 Å². The van der Waals surface area contributed by atoms with Crippen LogP contribution in [0.3, 0.4) is 0 Å². The Hall–Kier alpha value is -7.52. The second kappa shape index (κ2) is 16.0. The smallest absolute Gasteiger partial charge is 0.181 e. The highest BCUT2D eigenvalue weighted by molar-refractivity contribution is 6.41. The molecule has 6 atom stereocenters. The minimum absolute atomic E-state index is 0.0648. The SMILES string of the molecule is CN1C=C(C2=C3C=CC(=N3)C(C3=CN(C)C4C=CC=CC4=C3)=c3ccc([nH]3)=C(C3=CN(C)C4C=CC=CC4=C3)C3=NC(Cl)(C=C3)C(Cl)(C3=CN(C)C4C=CC=CC4=C3)c3ccc2[nH]3)C=C2C=CC=CC21. The zero-order valence-electron chi connectivity index (χ0n) is 39.2. The number of aromatic amines is 2. The van der Waals surface area contributed by atoms with Gasteiger partial charge in [0, 0.05) is 109 Å². The summed E-state index contributed by atoms with van der Waals surface area (Å²) in [6, 6.07) is 9.00. The summed E-state index contributed by atoms with van der Waals surface area (Å²) in [7, 11) is 8.49. The number of likely N-dealkylation sites (N-methyl/N-ethyl adjacent to an activating group) is 4. The molecule has 2 N–H and O–H groups in total. The van der Waals surface area contributed by atoms with Crippen LogP contribution in [-0.2, 0) is 4.87 Å². The fourth-order valence-electron chi connectivity index (χ4n) is 11.6. The summed E-state index contributed by atoms with van der Waals surface area (Å²) in [4.78, 5) is 25.2. The maximum Gasteiger partial charge on any atom is 0.181 e. The molecule has 2 aromatic rings. The highest BCUT2D eigenvalue weighted by atomic mass is 35.5. The number of allylic oxidation sites excluding steroid dienone is 19. The summed E-state index contributed by atoms with van der Waals surface area (Å²) in [5.74, 6) is 0. The standard InChI is InChI=1S/C60H50Cl2N8/c1-67-33-41(29-37-13-5-9-17-51(37)67)56-45-21-22-47(63-45)57(42-30-38-14-6-10-18-52(38)68(2)34-42)49-25-26-55(65-49)60(62,44-32-40-16-8-12-20-54(40)70(4)36-44)59(61)28-27-50(66-59)58(48-24-23-46(56)64-48)43-31-39-15-7-11-19-53(39)69(3)35-43/h5-36,51-54,64-65H,1-4H3. The van der Waals surface area contributed by atoms with Crippen LogP contribution in [0.4, 0.5) is 0 Å². The van der Waals surface area contributed by atoms with E-state index >= 15 is 0 Å². The first-order valence-electron chi connectivity index (χ1n) is 23.9. The summed E-state index contributed by atoms with van der Waals surface area (Å²) < 4.78 is 0. The van der Waals surface area contributed by atoms with E-state index in [1.165, 1.54) is 16.7 Å². The molecule has 11 aliphatic rings. The molecule has 0 saturated heterocycles. The number of hydrogen-bond acceptors (Lipinski definition) is 6. The Labute approximate surface area is 418 Å². The number of nitrogens with one attached hydrogen (secondary N) is 2. The molecule has 6 unspecified atom stereocenters. The molecule has 9 heterocycles. The van der Waals surface area contributed by atoms with Crippen molar-refractivity contribution in [1.82, 2.24) is 29.6 Å². The largest absolute Gasteiger partial charge is 0.370 e. The van der Waals surface area contributed by atoms with Crippen LogP contribution < -0.4 is 10.7 Å². The van der Waals surface area contributed by atoms with E-state index < -0.39 is 9.87 Å². The molecule has 0 amide bonds. The molecule has 344 valence electrons. The second-order valence-corrected chi connectivity index (χ2v) is 20.5. The fourth-order valence-corrected chi connectivity index (χ4v) is 12.3. The molecule has 0 saturated carbocycles. The van der Waals surface area contributed by atoms with Crippen LogP contribution in [0.2, 0.25) is 0 Å². The molecule has 8 bridgehead atoms. The van der Waals surface area contributed by atoms with Gasteiger partial charge in [-0.15, -0.1) is 11.6 Å². The van der Waals surface area contributed by atoms with Crippen LogP contribution in [0.15, 0.2) is 255 Å². The van der Waals surface area contributed by atoms with Crippen molar-refractivity contribution in [2.75, 3.05) is 28.2 Å². The van der Waals surface area contributed by atoms with Gasteiger partial charge in [0.2, 0.25) is 0 Å². The van der Waals surface area contributed by atoms with E-state index in [-0.39, 0.29) is 24.2 Å². The molecule has 70 heavy (non-hydrogen) atoms. The van der Waals surface area contributed by atoms with Crippen LogP contribution >= 0.6 is 23.2 Å². The topological polar surface area (TPSA) is 69.3 Å². The number of rotatable bonds is 4. The number of aliphatic imine (C=N–C) groups is 2. The van der Waals surface area contributed by atoms with Crippen LogP contribution in [0.5, 0.6) is 0 Å².